The van der Waals surface area contributed by atoms with E-state index in [0.717, 1.165) is 30.3 Å². The molecule has 1 fully saturated rings. The smallest absolute Gasteiger partial charge is 0.178 e. The van der Waals surface area contributed by atoms with E-state index in [0.29, 0.717) is 6.04 Å². The van der Waals surface area contributed by atoms with Crippen molar-refractivity contribution in [1.29, 1.82) is 0 Å². The predicted molar refractivity (Wildman–Crippen MR) is 95.6 cm³/mol. The van der Waals surface area contributed by atoms with Gasteiger partial charge in [-0.3, -0.25) is 0 Å². The van der Waals surface area contributed by atoms with E-state index in [1.54, 1.807) is 0 Å². The molecule has 2 aromatic heterocycles. The molecule has 0 bridgehead atoms. The summed E-state index contributed by atoms with van der Waals surface area (Å²) in [6.07, 6.45) is 2.33. The lowest BCUT2D eigenvalue weighted by Crippen LogP contribution is -2.24. The van der Waals surface area contributed by atoms with Gasteiger partial charge in [-0.2, -0.15) is 4.52 Å². The first-order valence-electron chi connectivity index (χ1n) is 8.36. The summed E-state index contributed by atoms with van der Waals surface area (Å²) in [5.41, 5.74) is 3.38. The molecule has 6 nitrogen and oxygen atoms in total. The lowest BCUT2D eigenvalue weighted by Gasteiger charge is -2.27. The standard InChI is InChI=1S/C18H22N6/c1-13-19-20-17-9-10-18(21-24(13)17)23-11-5-8-16(23)14-6-4-7-15(12-14)22(2)3/h4,6-7,9-10,12,16H,5,8,11H2,1-3H3/t16-/m0/s1. The molecule has 1 aromatic carbocycles. The molecule has 0 spiro atoms. The van der Waals surface area contributed by atoms with Crippen LogP contribution in [0.5, 0.6) is 0 Å². The Balaban J connectivity index is 1.71. The van der Waals surface area contributed by atoms with Crippen molar-refractivity contribution < 1.29 is 0 Å². The van der Waals surface area contributed by atoms with Gasteiger partial charge in [0.2, 0.25) is 0 Å². The van der Waals surface area contributed by atoms with E-state index in [1.165, 1.54) is 17.7 Å². The van der Waals surface area contributed by atoms with Gasteiger partial charge in [0.15, 0.2) is 11.5 Å². The maximum atomic E-state index is 4.76. The summed E-state index contributed by atoms with van der Waals surface area (Å²) in [6, 6.07) is 13.2. The Bertz CT molecular complexity index is 869. The summed E-state index contributed by atoms with van der Waals surface area (Å²) in [7, 11) is 4.16. The van der Waals surface area contributed by atoms with Crippen molar-refractivity contribution in [2.75, 3.05) is 30.4 Å². The molecule has 1 saturated heterocycles. The van der Waals surface area contributed by atoms with Crippen LogP contribution in [-0.4, -0.2) is 40.5 Å². The number of aromatic nitrogens is 4. The van der Waals surface area contributed by atoms with Crippen LogP contribution in [0.3, 0.4) is 0 Å². The van der Waals surface area contributed by atoms with Gasteiger partial charge in [-0.15, -0.1) is 15.3 Å². The third kappa shape index (κ3) is 2.48. The zero-order valence-corrected chi connectivity index (χ0v) is 14.3. The van der Waals surface area contributed by atoms with E-state index in [2.05, 4.69) is 64.4 Å². The fourth-order valence-electron chi connectivity index (χ4n) is 3.44. The SMILES string of the molecule is Cc1nnc2ccc(N3CCC[C@H]3c3cccc(N(C)C)c3)nn12. The van der Waals surface area contributed by atoms with Gasteiger partial charge >= 0.3 is 0 Å². The molecule has 0 amide bonds. The van der Waals surface area contributed by atoms with Gasteiger partial charge < -0.3 is 9.80 Å². The summed E-state index contributed by atoms with van der Waals surface area (Å²) < 4.78 is 1.82. The second-order valence-corrected chi connectivity index (χ2v) is 6.55. The third-order valence-corrected chi connectivity index (χ3v) is 4.72. The Kier molecular flexibility index (Phi) is 3.59. The Hall–Kier alpha value is -2.63. The number of fused-ring (bicyclic) bond motifs is 1. The van der Waals surface area contributed by atoms with Crippen LogP contribution in [0, 0.1) is 6.92 Å². The maximum absolute atomic E-state index is 4.76. The molecular formula is C18H22N6. The Morgan fingerprint density at radius 3 is 2.83 bits per heavy atom. The number of rotatable bonds is 3. The van der Waals surface area contributed by atoms with E-state index in [9.17, 15) is 0 Å². The first-order chi connectivity index (χ1) is 11.6. The van der Waals surface area contributed by atoms with Crippen molar-refractivity contribution in [2.45, 2.75) is 25.8 Å². The van der Waals surface area contributed by atoms with Crippen LogP contribution >= 0.6 is 0 Å². The van der Waals surface area contributed by atoms with Crippen LogP contribution in [-0.2, 0) is 0 Å². The lowest BCUT2D eigenvalue weighted by atomic mass is 10.0. The van der Waals surface area contributed by atoms with Crippen LogP contribution < -0.4 is 9.80 Å². The number of nitrogens with zero attached hydrogens (tertiary/aromatic N) is 6. The minimum atomic E-state index is 0.367. The van der Waals surface area contributed by atoms with Gasteiger partial charge in [-0.25, -0.2) is 0 Å². The highest BCUT2D eigenvalue weighted by Crippen LogP contribution is 2.36. The zero-order valence-electron chi connectivity index (χ0n) is 14.3. The highest BCUT2D eigenvalue weighted by atomic mass is 15.4. The number of benzene rings is 1. The first-order valence-corrected chi connectivity index (χ1v) is 8.36. The molecule has 0 aliphatic carbocycles. The van der Waals surface area contributed by atoms with Gasteiger partial charge in [0.25, 0.3) is 0 Å². The van der Waals surface area contributed by atoms with Gasteiger partial charge in [0.1, 0.15) is 5.82 Å². The van der Waals surface area contributed by atoms with Crippen LogP contribution in [0.15, 0.2) is 36.4 Å². The summed E-state index contributed by atoms with van der Waals surface area (Å²) in [5, 5.41) is 13.0. The number of anilines is 2. The number of aryl methyl sites for hydroxylation is 1. The highest BCUT2D eigenvalue weighted by Gasteiger charge is 2.27. The van der Waals surface area contributed by atoms with Crippen LogP contribution in [0.2, 0.25) is 0 Å². The molecule has 3 aromatic rings. The lowest BCUT2D eigenvalue weighted by molar-refractivity contribution is 0.700. The molecule has 1 aliphatic rings. The average Bonchev–Trinajstić information content (AvgIpc) is 3.22. The number of hydrogen-bond acceptors (Lipinski definition) is 5. The molecule has 24 heavy (non-hydrogen) atoms. The van der Waals surface area contributed by atoms with Crippen LogP contribution in [0.1, 0.15) is 30.3 Å². The monoisotopic (exact) mass is 322 g/mol. The van der Waals surface area contributed by atoms with Gasteiger partial charge in [-0.05, 0) is 49.6 Å². The van der Waals surface area contributed by atoms with E-state index in [-0.39, 0.29) is 0 Å². The van der Waals surface area contributed by atoms with E-state index < -0.39 is 0 Å². The second kappa shape index (κ2) is 5.78. The van der Waals surface area contributed by atoms with Gasteiger partial charge in [0, 0.05) is 26.3 Å². The topological polar surface area (TPSA) is 49.6 Å². The van der Waals surface area contributed by atoms with E-state index >= 15 is 0 Å². The van der Waals surface area contributed by atoms with Crippen molar-refractivity contribution in [3.05, 3.63) is 47.8 Å². The third-order valence-electron chi connectivity index (χ3n) is 4.72. The predicted octanol–water partition coefficient (Wildman–Crippen LogP) is 2.84. The van der Waals surface area contributed by atoms with Crippen molar-refractivity contribution in [3.8, 4) is 0 Å². The van der Waals surface area contributed by atoms with Crippen LogP contribution in [0.4, 0.5) is 11.5 Å². The molecule has 4 rings (SSSR count). The highest BCUT2D eigenvalue weighted by molar-refractivity contribution is 5.52. The molecule has 0 N–H and O–H groups in total. The van der Waals surface area contributed by atoms with E-state index in [4.69, 9.17) is 5.10 Å². The summed E-state index contributed by atoms with van der Waals surface area (Å²) in [4.78, 5) is 4.54. The van der Waals surface area contributed by atoms with Crippen molar-refractivity contribution in [1.82, 2.24) is 19.8 Å². The normalized spacial score (nSPS) is 17.6. The minimum absolute atomic E-state index is 0.367. The molecule has 0 radical (unpaired) electrons. The molecule has 3 heterocycles. The van der Waals surface area contributed by atoms with Gasteiger partial charge in [-0.1, -0.05) is 12.1 Å². The minimum Gasteiger partial charge on any atom is -0.378 e. The molecule has 0 saturated carbocycles. The van der Waals surface area contributed by atoms with Gasteiger partial charge in [0.05, 0.1) is 6.04 Å². The fraction of sp³-hybridized carbons (Fsp3) is 0.389. The summed E-state index contributed by atoms with van der Waals surface area (Å²) >= 11 is 0. The van der Waals surface area contributed by atoms with Crippen molar-refractivity contribution in [3.63, 3.8) is 0 Å². The molecule has 1 aliphatic heterocycles. The molecule has 6 heteroatoms. The maximum Gasteiger partial charge on any atom is 0.178 e. The molecule has 0 unspecified atom stereocenters. The zero-order chi connectivity index (χ0) is 16.7. The molecular weight excluding hydrogens is 300 g/mol. The molecule has 124 valence electrons. The Morgan fingerprint density at radius 2 is 2.00 bits per heavy atom. The summed E-state index contributed by atoms with van der Waals surface area (Å²) in [6.45, 7) is 2.95. The number of hydrogen-bond donors (Lipinski definition) is 0. The Labute approximate surface area is 141 Å². The van der Waals surface area contributed by atoms with Crippen LogP contribution in [0.25, 0.3) is 5.65 Å². The molecule has 1 atom stereocenters. The first kappa shape index (κ1) is 14.9. The Morgan fingerprint density at radius 1 is 1.12 bits per heavy atom. The second-order valence-electron chi connectivity index (χ2n) is 6.55. The fourth-order valence-corrected chi connectivity index (χ4v) is 3.44. The summed E-state index contributed by atoms with van der Waals surface area (Å²) in [5.74, 6) is 1.81. The van der Waals surface area contributed by atoms with Crippen molar-refractivity contribution >= 4 is 17.2 Å². The van der Waals surface area contributed by atoms with Crippen molar-refractivity contribution in [2.24, 2.45) is 0 Å². The van der Waals surface area contributed by atoms with E-state index in [1.807, 2.05) is 17.5 Å². The average molecular weight is 322 g/mol. The quantitative estimate of drug-likeness (QED) is 0.742. The largest absolute Gasteiger partial charge is 0.378 e.